The lowest BCUT2D eigenvalue weighted by molar-refractivity contribution is -0.118. The molecule has 2 aromatic carbocycles. The lowest BCUT2D eigenvalue weighted by Crippen LogP contribution is -2.25. The van der Waals surface area contributed by atoms with Crippen LogP contribution in [0.5, 0.6) is 5.75 Å². The molecule has 7 heteroatoms. The minimum atomic E-state index is -0.297. The Hall–Kier alpha value is -2.05. The number of carbonyl (C=O) groups is 2. The highest BCUT2D eigenvalue weighted by molar-refractivity contribution is 9.10. The molecule has 1 aliphatic heterocycles. The van der Waals surface area contributed by atoms with Gasteiger partial charge in [-0.2, -0.15) is 0 Å². The maximum atomic E-state index is 12.3. The Kier molecular flexibility index (Phi) is 4.04. The highest BCUT2D eigenvalue weighted by Gasteiger charge is 2.19. The molecular formula is C15H10BrClN2O3. The van der Waals surface area contributed by atoms with Gasteiger partial charge in [-0.1, -0.05) is 23.7 Å². The van der Waals surface area contributed by atoms with Crippen LogP contribution in [0, 0.1) is 0 Å². The number of amides is 2. The van der Waals surface area contributed by atoms with E-state index in [1.54, 1.807) is 30.3 Å². The molecule has 0 bridgehead atoms. The number of rotatable bonds is 2. The highest BCUT2D eigenvalue weighted by Crippen LogP contribution is 2.36. The maximum absolute atomic E-state index is 12.3. The Labute approximate surface area is 139 Å². The summed E-state index contributed by atoms with van der Waals surface area (Å²) in [6.07, 6.45) is 0. The molecule has 0 saturated heterocycles. The third kappa shape index (κ3) is 2.93. The van der Waals surface area contributed by atoms with E-state index >= 15 is 0 Å². The Morgan fingerprint density at radius 3 is 2.86 bits per heavy atom. The van der Waals surface area contributed by atoms with Crippen molar-refractivity contribution in [2.24, 2.45) is 0 Å². The Morgan fingerprint density at radius 2 is 2.09 bits per heavy atom. The number of nitrogens with one attached hydrogen (secondary N) is 2. The number of hydrogen-bond acceptors (Lipinski definition) is 3. The van der Waals surface area contributed by atoms with Gasteiger partial charge >= 0.3 is 0 Å². The van der Waals surface area contributed by atoms with Crippen molar-refractivity contribution in [1.82, 2.24) is 0 Å². The first-order valence-corrected chi connectivity index (χ1v) is 7.54. The monoisotopic (exact) mass is 380 g/mol. The van der Waals surface area contributed by atoms with Crippen molar-refractivity contribution in [3.05, 3.63) is 51.5 Å². The molecule has 2 amide bonds. The summed E-state index contributed by atoms with van der Waals surface area (Å²) in [4.78, 5) is 23.6. The molecule has 5 nitrogen and oxygen atoms in total. The summed E-state index contributed by atoms with van der Waals surface area (Å²) in [6, 6.07) is 10.2. The zero-order valence-electron chi connectivity index (χ0n) is 11.2. The van der Waals surface area contributed by atoms with E-state index in [2.05, 4.69) is 26.6 Å². The van der Waals surface area contributed by atoms with Crippen LogP contribution in [0.15, 0.2) is 40.9 Å². The van der Waals surface area contributed by atoms with Crippen LogP contribution in [0.1, 0.15) is 10.4 Å². The molecule has 1 aliphatic rings. The molecule has 2 aromatic rings. The average Bonchev–Trinajstić information content (AvgIpc) is 2.48. The molecule has 0 radical (unpaired) electrons. The van der Waals surface area contributed by atoms with Crippen molar-refractivity contribution >= 4 is 50.7 Å². The van der Waals surface area contributed by atoms with Gasteiger partial charge in [0.15, 0.2) is 6.61 Å². The second-order valence-corrected chi connectivity index (χ2v) is 5.86. The molecule has 0 aliphatic carbocycles. The maximum Gasteiger partial charge on any atom is 0.262 e. The third-order valence-electron chi connectivity index (χ3n) is 3.07. The van der Waals surface area contributed by atoms with E-state index in [0.29, 0.717) is 32.2 Å². The van der Waals surface area contributed by atoms with Gasteiger partial charge < -0.3 is 15.4 Å². The first kappa shape index (κ1) is 14.9. The van der Waals surface area contributed by atoms with E-state index in [9.17, 15) is 9.59 Å². The van der Waals surface area contributed by atoms with Crippen LogP contribution in [0.4, 0.5) is 11.4 Å². The zero-order chi connectivity index (χ0) is 15.7. The molecule has 1 heterocycles. The standard InChI is InChI=1S/C15H10BrClN2O3/c16-9-4-2-1-3-8(9)15(21)19-11-6-13-12(5-10(11)17)18-14(20)7-22-13/h1-6H,7H2,(H,18,20)(H,19,21). The van der Waals surface area contributed by atoms with Crippen LogP contribution < -0.4 is 15.4 Å². The second kappa shape index (κ2) is 5.98. The van der Waals surface area contributed by atoms with Crippen LogP contribution in [0.2, 0.25) is 5.02 Å². The number of fused-ring (bicyclic) bond motifs is 1. The van der Waals surface area contributed by atoms with Gasteiger partial charge in [0.05, 0.1) is 22.0 Å². The van der Waals surface area contributed by atoms with Crippen molar-refractivity contribution in [3.63, 3.8) is 0 Å². The van der Waals surface area contributed by atoms with Crippen molar-refractivity contribution < 1.29 is 14.3 Å². The summed E-state index contributed by atoms with van der Waals surface area (Å²) in [6.45, 7) is -0.0632. The van der Waals surface area contributed by atoms with Crippen LogP contribution in [-0.2, 0) is 4.79 Å². The molecule has 0 fully saturated rings. The largest absolute Gasteiger partial charge is 0.482 e. The fourth-order valence-electron chi connectivity index (χ4n) is 2.03. The van der Waals surface area contributed by atoms with Crippen molar-refractivity contribution in [1.29, 1.82) is 0 Å². The Morgan fingerprint density at radius 1 is 1.32 bits per heavy atom. The number of ether oxygens (including phenoxy) is 1. The van der Waals surface area contributed by atoms with Gasteiger partial charge in [0.2, 0.25) is 0 Å². The SMILES string of the molecule is O=C1COc2cc(NC(=O)c3ccccc3Br)c(Cl)cc2N1. The average molecular weight is 382 g/mol. The number of carbonyl (C=O) groups excluding carboxylic acids is 2. The van der Waals surface area contributed by atoms with Crippen LogP contribution in [0.25, 0.3) is 0 Å². The molecule has 0 saturated carbocycles. The van der Waals surface area contributed by atoms with Gasteiger partial charge in [-0.25, -0.2) is 0 Å². The fourth-order valence-corrected chi connectivity index (χ4v) is 2.71. The normalized spacial score (nSPS) is 12.9. The van der Waals surface area contributed by atoms with Crippen LogP contribution in [0.3, 0.4) is 0 Å². The smallest absolute Gasteiger partial charge is 0.262 e. The molecule has 0 spiro atoms. The van der Waals surface area contributed by atoms with E-state index < -0.39 is 0 Å². The van der Waals surface area contributed by atoms with Gasteiger partial charge in [0.1, 0.15) is 5.75 Å². The van der Waals surface area contributed by atoms with Gasteiger partial charge in [-0.05, 0) is 34.1 Å². The number of anilines is 2. The van der Waals surface area contributed by atoms with Gasteiger partial charge in [0, 0.05) is 10.5 Å². The molecule has 22 heavy (non-hydrogen) atoms. The summed E-state index contributed by atoms with van der Waals surface area (Å²) in [5.41, 5.74) is 1.39. The van der Waals surface area contributed by atoms with Gasteiger partial charge in [-0.3, -0.25) is 9.59 Å². The third-order valence-corrected chi connectivity index (χ3v) is 4.07. The lowest BCUT2D eigenvalue weighted by Gasteiger charge is -2.19. The molecule has 0 aromatic heterocycles. The molecule has 3 rings (SSSR count). The molecule has 0 unspecified atom stereocenters. The van der Waals surface area contributed by atoms with Crippen molar-refractivity contribution in [3.8, 4) is 5.75 Å². The second-order valence-electron chi connectivity index (χ2n) is 4.60. The zero-order valence-corrected chi connectivity index (χ0v) is 13.5. The van der Waals surface area contributed by atoms with E-state index in [0.717, 1.165) is 0 Å². The summed E-state index contributed by atoms with van der Waals surface area (Å²) < 4.78 is 6.00. The number of benzene rings is 2. The number of halogens is 2. The van der Waals surface area contributed by atoms with E-state index in [4.69, 9.17) is 16.3 Å². The summed E-state index contributed by atoms with van der Waals surface area (Å²) in [5, 5.41) is 5.70. The molecule has 112 valence electrons. The minimum Gasteiger partial charge on any atom is -0.482 e. The number of hydrogen-bond donors (Lipinski definition) is 2. The predicted octanol–water partition coefficient (Wildman–Crippen LogP) is 3.69. The quantitative estimate of drug-likeness (QED) is 0.834. The summed E-state index contributed by atoms with van der Waals surface area (Å²) in [5.74, 6) is -0.0748. The van der Waals surface area contributed by atoms with Gasteiger partial charge in [0.25, 0.3) is 11.8 Å². The van der Waals surface area contributed by atoms with Gasteiger partial charge in [-0.15, -0.1) is 0 Å². The van der Waals surface area contributed by atoms with Crippen LogP contribution in [-0.4, -0.2) is 18.4 Å². The Bertz CT molecular complexity index is 779. The molecular weight excluding hydrogens is 372 g/mol. The molecule has 0 atom stereocenters. The molecule has 2 N–H and O–H groups in total. The van der Waals surface area contributed by atoms with Crippen molar-refractivity contribution in [2.75, 3.05) is 17.2 Å². The van der Waals surface area contributed by atoms with E-state index in [-0.39, 0.29) is 18.4 Å². The summed E-state index contributed by atoms with van der Waals surface area (Å²) in [7, 11) is 0. The minimum absolute atomic E-state index is 0.0632. The first-order chi connectivity index (χ1) is 10.5. The van der Waals surface area contributed by atoms with Crippen molar-refractivity contribution in [2.45, 2.75) is 0 Å². The van der Waals surface area contributed by atoms with E-state index in [1.165, 1.54) is 0 Å². The highest BCUT2D eigenvalue weighted by atomic mass is 79.9. The van der Waals surface area contributed by atoms with Crippen LogP contribution >= 0.6 is 27.5 Å². The summed E-state index contributed by atoms with van der Waals surface area (Å²) >= 11 is 9.48. The first-order valence-electron chi connectivity index (χ1n) is 6.36. The van der Waals surface area contributed by atoms with E-state index in [1.807, 2.05) is 6.07 Å². The topological polar surface area (TPSA) is 67.4 Å². The lowest BCUT2D eigenvalue weighted by atomic mass is 10.2. The predicted molar refractivity (Wildman–Crippen MR) is 87.7 cm³/mol. The fraction of sp³-hybridized carbons (Fsp3) is 0.0667. The Balaban J connectivity index is 1.88.